The first-order valence-corrected chi connectivity index (χ1v) is 5.46. The van der Waals surface area contributed by atoms with Crippen LogP contribution in [0.15, 0.2) is 42.9 Å². The number of hydrogen-bond acceptors (Lipinski definition) is 5. The fourth-order valence-electron chi connectivity index (χ4n) is 1.83. The first-order chi connectivity index (χ1) is 8.74. The van der Waals surface area contributed by atoms with E-state index in [1.165, 1.54) is 0 Å². The van der Waals surface area contributed by atoms with Crippen molar-refractivity contribution in [1.82, 2.24) is 15.0 Å². The Morgan fingerprint density at radius 1 is 1.00 bits per heavy atom. The highest BCUT2D eigenvalue weighted by Gasteiger charge is 2.07. The Morgan fingerprint density at radius 2 is 1.89 bits per heavy atom. The van der Waals surface area contributed by atoms with Gasteiger partial charge in [-0.2, -0.15) is 0 Å². The first-order valence-electron chi connectivity index (χ1n) is 5.46. The zero-order chi connectivity index (χ0) is 12.5. The van der Waals surface area contributed by atoms with Crippen molar-refractivity contribution < 1.29 is 0 Å². The van der Waals surface area contributed by atoms with E-state index < -0.39 is 0 Å². The van der Waals surface area contributed by atoms with Crippen LogP contribution in [0.1, 0.15) is 0 Å². The molecule has 5 nitrogen and oxygen atoms in total. The lowest BCUT2D eigenvalue weighted by Crippen LogP contribution is -1.97. The number of pyridine rings is 3. The summed E-state index contributed by atoms with van der Waals surface area (Å²) in [6, 6.07) is 7.44. The lowest BCUT2D eigenvalue weighted by Gasteiger charge is -2.06. The monoisotopic (exact) mass is 237 g/mol. The number of rotatable bonds is 1. The van der Waals surface area contributed by atoms with E-state index in [-0.39, 0.29) is 0 Å². The number of nitrogens with two attached hydrogens (primary N) is 2. The Kier molecular flexibility index (Phi) is 2.30. The normalized spacial score (nSPS) is 10.7. The fraction of sp³-hybridized carbons (Fsp3) is 0. The van der Waals surface area contributed by atoms with E-state index in [0.717, 1.165) is 16.6 Å². The summed E-state index contributed by atoms with van der Waals surface area (Å²) in [5.41, 5.74) is 15.4. The summed E-state index contributed by atoms with van der Waals surface area (Å²) in [4.78, 5) is 12.6. The highest BCUT2D eigenvalue weighted by atomic mass is 14.9. The molecule has 0 saturated heterocycles. The second kappa shape index (κ2) is 3.96. The lowest BCUT2D eigenvalue weighted by atomic mass is 10.1. The van der Waals surface area contributed by atoms with Crippen molar-refractivity contribution >= 4 is 22.5 Å². The number of anilines is 2. The minimum atomic E-state index is 0.447. The molecule has 0 unspecified atom stereocenters. The molecule has 0 radical (unpaired) electrons. The van der Waals surface area contributed by atoms with Gasteiger partial charge in [0.05, 0.1) is 22.9 Å². The number of fused-ring (bicyclic) bond motifs is 1. The second-order valence-corrected chi connectivity index (χ2v) is 3.97. The van der Waals surface area contributed by atoms with Gasteiger partial charge in [-0.1, -0.05) is 6.07 Å². The maximum atomic E-state index is 5.96. The van der Waals surface area contributed by atoms with E-state index in [4.69, 9.17) is 11.5 Å². The van der Waals surface area contributed by atoms with Gasteiger partial charge in [0.25, 0.3) is 0 Å². The molecule has 3 rings (SSSR count). The van der Waals surface area contributed by atoms with Crippen LogP contribution in [0.25, 0.3) is 22.2 Å². The van der Waals surface area contributed by atoms with Gasteiger partial charge in [-0.15, -0.1) is 0 Å². The highest BCUT2D eigenvalue weighted by molar-refractivity contribution is 5.87. The van der Waals surface area contributed by atoms with Gasteiger partial charge >= 0.3 is 0 Å². The molecule has 0 saturated carbocycles. The Labute approximate surface area is 104 Å². The Morgan fingerprint density at radius 3 is 2.67 bits per heavy atom. The van der Waals surface area contributed by atoms with E-state index in [2.05, 4.69) is 15.0 Å². The van der Waals surface area contributed by atoms with Gasteiger partial charge in [0.2, 0.25) is 0 Å². The predicted octanol–water partition coefficient (Wildman–Crippen LogP) is 1.86. The first kappa shape index (κ1) is 10.5. The van der Waals surface area contributed by atoms with Gasteiger partial charge < -0.3 is 11.5 Å². The van der Waals surface area contributed by atoms with Crippen LogP contribution >= 0.6 is 0 Å². The van der Waals surface area contributed by atoms with E-state index in [0.29, 0.717) is 17.0 Å². The SMILES string of the molecule is Nc1cnc2cc(-c3cccnc3)c(N)nc2c1. The van der Waals surface area contributed by atoms with Crippen LogP contribution in [0.5, 0.6) is 0 Å². The van der Waals surface area contributed by atoms with Crippen LogP contribution < -0.4 is 11.5 Å². The standard InChI is InChI=1S/C13H11N5/c14-9-4-12-11(17-7-9)5-10(13(15)18-12)8-2-1-3-16-6-8/h1-7H,14H2,(H2,15,18). The number of aromatic nitrogens is 3. The Hall–Kier alpha value is -2.69. The van der Waals surface area contributed by atoms with Crippen molar-refractivity contribution in [3.8, 4) is 11.1 Å². The Bertz CT molecular complexity index is 709. The topological polar surface area (TPSA) is 90.7 Å². The molecule has 4 N–H and O–H groups in total. The minimum Gasteiger partial charge on any atom is -0.397 e. The molecular weight excluding hydrogens is 226 g/mol. The zero-order valence-corrected chi connectivity index (χ0v) is 9.54. The van der Waals surface area contributed by atoms with Gasteiger partial charge in [-0.25, -0.2) is 4.98 Å². The van der Waals surface area contributed by atoms with Crippen molar-refractivity contribution in [2.24, 2.45) is 0 Å². The summed E-state index contributed by atoms with van der Waals surface area (Å²) in [5.74, 6) is 0.447. The average Bonchev–Trinajstić information content (AvgIpc) is 2.39. The summed E-state index contributed by atoms with van der Waals surface area (Å²) in [5, 5.41) is 0. The second-order valence-electron chi connectivity index (χ2n) is 3.97. The number of nitrogen functional groups attached to an aromatic ring is 2. The zero-order valence-electron chi connectivity index (χ0n) is 9.54. The molecule has 5 heteroatoms. The smallest absolute Gasteiger partial charge is 0.132 e. The highest BCUT2D eigenvalue weighted by Crippen LogP contribution is 2.27. The van der Waals surface area contributed by atoms with Crippen molar-refractivity contribution in [2.75, 3.05) is 11.5 Å². The molecule has 0 aliphatic heterocycles. The maximum absolute atomic E-state index is 5.96. The molecule has 0 fully saturated rings. The van der Waals surface area contributed by atoms with Crippen LogP contribution in [-0.2, 0) is 0 Å². The number of hydrogen-bond donors (Lipinski definition) is 2. The molecule has 3 heterocycles. The summed E-state index contributed by atoms with van der Waals surface area (Å²) >= 11 is 0. The van der Waals surface area contributed by atoms with Gasteiger partial charge in [-0.05, 0) is 18.2 Å². The van der Waals surface area contributed by atoms with Gasteiger partial charge in [-0.3, -0.25) is 9.97 Å². The third-order valence-electron chi connectivity index (χ3n) is 2.69. The molecule has 0 aliphatic carbocycles. The van der Waals surface area contributed by atoms with Crippen molar-refractivity contribution in [3.05, 3.63) is 42.9 Å². The van der Waals surface area contributed by atoms with Gasteiger partial charge in [0.1, 0.15) is 5.82 Å². The van der Waals surface area contributed by atoms with Crippen molar-refractivity contribution in [1.29, 1.82) is 0 Å². The predicted molar refractivity (Wildman–Crippen MR) is 71.6 cm³/mol. The summed E-state index contributed by atoms with van der Waals surface area (Å²) in [6.45, 7) is 0. The van der Waals surface area contributed by atoms with Gasteiger partial charge in [0.15, 0.2) is 0 Å². The molecule has 88 valence electrons. The summed E-state index contributed by atoms with van der Waals surface area (Å²) in [6.07, 6.45) is 5.07. The Balaban J connectivity index is 2.25. The third-order valence-corrected chi connectivity index (χ3v) is 2.69. The maximum Gasteiger partial charge on any atom is 0.132 e. The largest absolute Gasteiger partial charge is 0.397 e. The molecule has 0 spiro atoms. The molecular formula is C13H11N5. The average molecular weight is 237 g/mol. The quantitative estimate of drug-likeness (QED) is 0.674. The van der Waals surface area contributed by atoms with Crippen molar-refractivity contribution in [3.63, 3.8) is 0 Å². The molecule has 0 aromatic carbocycles. The third kappa shape index (κ3) is 1.71. The van der Waals surface area contributed by atoms with Gasteiger partial charge in [0, 0.05) is 23.5 Å². The van der Waals surface area contributed by atoms with E-state index in [9.17, 15) is 0 Å². The van der Waals surface area contributed by atoms with Crippen LogP contribution in [0.4, 0.5) is 11.5 Å². The van der Waals surface area contributed by atoms with Crippen LogP contribution in [-0.4, -0.2) is 15.0 Å². The molecule has 3 aromatic rings. The number of nitrogens with zero attached hydrogens (tertiary/aromatic N) is 3. The molecule has 0 amide bonds. The minimum absolute atomic E-state index is 0.447. The van der Waals surface area contributed by atoms with Crippen molar-refractivity contribution in [2.45, 2.75) is 0 Å². The van der Waals surface area contributed by atoms with Crippen LogP contribution in [0.3, 0.4) is 0 Å². The van der Waals surface area contributed by atoms with E-state index >= 15 is 0 Å². The fourth-order valence-corrected chi connectivity index (χ4v) is 1.83. The lowest BCUT2D eigenvalue weighted by molar-refractivity contribution is 1.31. The molecule has 0 aliphatic rings. The summed E-state index contributed by atoms with van der Waals surface area (Å²) < 4.78 is 0. The molecule has 0 atom stereocenters. The molecule has 0 bridgehead atoms. The van der Waals surface area contributed by atoms with E-state index in [1.54, 1.807) is 24.7 Å². The van der Waals surface area contributed by atoms with E-state index in [1.807, 2.05) is 18.2 Å². The summed E-state index contributed by atoms with van der Waals surface area (Å²) in [7, 11) is 0. The van der Waals surface area contributed by atoms with Crippen LogP contribution in [0.2, 0.25) is 0 Å². The molecule has 18 heavy (non-hydrogen) atoms. The molecule has 3 aromatic heterocycles. The van der Waals surface area contributed by atoms with Crippen LogP contribution in [0, 0.1) is 0 Å².